The van der Waals surface area contributed by atoms with E-state index in [1.165, 1.54) is 50.2 Å². The Balaban J connectivity index is 1.91. The fourth-order valence-corrected chi connectivity index (χ4v) is 3.50. The van der Waals surface area contributed by atoms with E-state index in [0.717, 1.165) is 6.07 Å². The smallest absolute Gasteiger partial charge is 0.426 e. The molecule has 1 aliphatic heterocycles. The van der Waals surface area contributed by atoms with Gasteiger partial charge >= 0.3 is 12.1 Å². The lowest BCUT2D eigenvalue weighted by atomic mass is 9.74. The van der Waals surface area contributed by atoms with Gasteiger partial charge < -0.3 is 15.2 Å². The van der Waals surface area contributed by atoms with Gasteiger partial charge in [0.05, 0.1) is 5.56 Å². The number of anilines is 1. The van der Waals surface area contributed by atoms with Crippen LogP contribution in [-0.4, -0.2) is 28.8 Å². The van der Waals surface area contributed by atoms with Crippen molar-refractivity contribution in [2.75, 3.05) is 5.32 Å². The van der Waals surface area contributed by atoms with Gasteiger partial charge in [-0.1, -0.05) is 32.0 Å². The number of carbonyl (C=O) groups excluding carboxylic acids is 2. The summed E-state index contributed by atoms with van der Waals surface area (Å²) in [5, 5.41) is 12.5. The number of alkyl halides is 3. The number of halogens is 4. The van der Waals surface area contributed by atoms with Crippen LogP contribution in [0.25, 0.3) is 0 Å². The third kappa shape index (κ3) is 3.89. The predicted molar refractivity (Wildman–Crippen MR) is 99.2 cm³/mol. The third-order valence-corrected chi connectivity index (χ3v) is 5.09. The van der Waals surface area contributed by atoms with E-state index in [2.05, 4.69) is 5.32 Å². The minimum Gasteiger partial charge on any atom is -0.457 e. The number of amides is 1. The number of fused-ring (bicyclic) bond motifs is 1. The van der Waals surface area contributed by atoms with Crippen LogP contribution < -0.4 is 5.32 Å². The molecular weight excluding hydrogens is 406 g/mol. The molecule has 0 aromatic heterocycles. The van der Waals surface area contributed by atoms with E-state index in [-0.39, 0.29) is 23.4 Å². The molecule has 5 nitrogen and oxygen atoms in total. The van der Waals surface area contributed by atoms with Crippen LogP contribution in [0.1, 0.15) is 41.8 Å². The highest BCUT2D eigenvalue weighted by Crippen LogP contribution is 2.42. The minimum atomic E-state index is -5.32. The lowest BCUT2D eigenvalue weighted by Crippen LogP contribution is -2.57. The Kier molecular flexibility index (Phi) is 5.36. The van der Waals surface area contributed by atoms with Crippen LogP contribution in [0.3, 0.4) is 0 Å². The topological polar surface area (TPSA) is 75.6 Å². The largest absolute Gasteiger partial charge is 0.457 e. The van der Waals surface area contributed by atoms with E-state index in [0.29, 0.717) is 5.56 Å². The molecule has 1 amide bonds. The molecular formula is C21H19F4NO4. The fourth-order valence-electron chi connectivity index (χ4n) is 3.50. The van der Waals surface area contributed by atoms with Gasteiger partial charge in [-0.25, -0.2) is 9.18 Å². The Labute approximate surface area is 169 Å². The van der Waals surface area contributed by atoms with Gasteiger partial charge in [0.2, 0.25) is 5.60 Å². The van der Waals surface area contributed by atoms with E-state index in [1.54, 1.807) is 0 Å². The summed E-state index contributed by atoms with van der Waals surface area (Å²) >= 11 is 0. The molecule has 0 radical (unpaired) electrons. The molecule has 1 unspecified atom stereocenters. The number of hydrogen-bond donors (Lipinski definition) is 2. The normalized spacial score (nSPS) is 15.9. The summed E-state index contributed by atoms with van der Waals surface area (Å²) in [4.78, 5) is 24.0. The maximum absolute atomic E-state index is 14.2. The van der Waals surface area contributed by atoms with Crippen molar-refractivity contribution in [3.8, 4) is 0 Å². The van der Waals surface area contributed by atoms with Crippen molar-refractivity contribution >= 4 is 17.6 Å². The van der Waals surface area contributed by atoms with Crippen LogP contribution >= 0.6 is 0 Å². The number of nitrogens with one attached hydrogen (secondary N) is 1. The first-order chi connectivity index (χ1) is 13.8. The molecule has 2 aromatic rings. The van der Waals surface area contributed by atoms with E-state index < -0.39 is 41.3 Å². The van der Waals surface area contributed by atoms with Crippen LogP contribution in [-0.2, 0) is 21.6 Å². The second-order valence-corrected chi connectivity index (χ2v) is 7.80. The highest BCUT2D eigenvalue weighted by Gasteiger charge is 2.61. The molecule has 1 heterocycles. The second-order valence-electron chi connectivity index (χ2n) is 7.80. The summed E-state index contributed by atoms with van der Waals surface area (Å²) in [5.74, 6) is -3.01. The zero-order chi connectivity index (χ0) is 22.3. The first-order valence-electron chi connectivity index (χ1n) is 9.01. The molecule has 9 heteroatoms. The van der Waals surface area contributed by atoms with Gasteiger partial charge in [0.25, 0.3) is 5.91 Å². The number of rotatable bonds is 5. The van der Waals surface area contributed by atoms with Crippen molar-refractivity contribution < 1.29 is 37.0 Å². The highest BCUT2D eigenvalue weighted by molar-refractivity contribution is 5.99. The Hall–Kier alpha value is -2.94. The Morgan fingerprint density at radius 3 is 2.47 bits per heavy atom. The summed E-state index contributed by atoms with van der Waals surface area (Å²) in [6, 6.07) is 9.11. The van der Waals surface area contributed by atoms with Gasteiger partial charge in [-0.15, -0.1) is 0 Å². The summed E-state index contributed by atoms with van der Waals surface area (Å²) in [6.07, 6.45) is -6.43. The van der Waals surface area contributed by atoms with Gasteiger partial charge in [0, 0.05) is 17.7 Å². The van der Waals surface area contributed by atoms with Gasteiger partial charge in [0.1, 0.15) is 12.4 Å². The number of esters is 1. The monoisotopic (exact) mass is 425 g/mol. The minimum absolute atomic E-state index is 0.0385. The molecule has 0 bridgehead atoms. The SMILES string of the molecule is CC(C)(CC(O)(C(=O)Nc1ccc2c(c1)COC2=O)C(F)(F)F)c1ccccc1F. The van der Waals surface area contributed by atoms with Crippen molar-refractivity contribution in [2.24, 2.45) is 0 Å². The number of cyclic esters (lactones) is 1. The predicted octanol–water partition coefficient (Wildman–Crippen LogP) is 4.10. The first-order valence-corrected chi connectivity index (χ1v) is 9.01. The van der Waals surface area contributed by atoms with Crippen molar-refractivity contribution in [1.82, 2.24) is 0 Å². The van der Waals surface area contributed by atoms with Crippen LogP contribution in [0.5, 0.6) is 0 Å². The summed E-state index contributed by atoms with van der Waals surface area (Å²) in [5.41, 5.74) is -4.76. The lowest BCUT2D eigenvalue weighted by Gasteiger charge is -2.36. The molecule has 30 heavy (non-hydrogen) atoms. The van der Waals surface area contributed by atoms with Crippen LogP contribution in [0, 0.1) is 5.82 Å². The first kappa shape index (κ1) is 21.8. The average molecular weight is 425 g/mol. The summed E-state index contributed by atoms with van der Waals surface area (Å²) in [6.45, 7) is 2.56. The van der Waals surface area contributed by atoms with Crippen molar-refractivity contribution in [2.45, 2.75) is 44.1 Å². The van der Waals surface area contributed by atoms with Crippen molar-refractivity contribution in [1.29, 1.82) is 0 Å². The molecule has 2 aromatic carbocycles. The zero-order valence-electron chi connectivity index (χ0n) is 16.1. The maximum Gasteiger partial charge on any atom is 0.426 e. The molecule has 160 valence electrons. The standard InChI is InChI=1S/C21H19F4NO4/c1-19(2,15-5-3-4-6-16(15)22)11-20(29,21(23,24)25)18(28)26-13-7-8-14-12(9-13)10-30-17(14)27/h3-9,29H,10-11H2,1-2H3,(H,26,28). The van der Waals surface area contributed by atoms with Gasteiger partial charge in [-0.2, -0.15) is 13.2 Å². The molecule has 1 atom stereocenters. The van der Waals surface area contributed by atoms with Crippen molar-refractivity contribution in [3.63, 3.8) is 0 Å². The van der Waals surface area contributed by atoms with E-state index in [1.807, 2.05) is 0 Å². The molecule has 0 fully saturated rings. The van der Waals surface area contributed by atoms with Crippen LogP contribution in [0.4, 0.5) is 23.2 Å². The summed E-state index contributed by atoms with van der Waals surface area (Å²) < 4.78 is 60.4. The lowest BCUT2D eigenvalue weighted by molar-refractivity contribution is -0.254. The van der Waals surface area contributed by atoms with Gasteiger partial charge in [0.15, 0.2) is 0 Å². The third-order valence-electron chi connectivity index (χ3n) is 5.09. The van der Waals surface area contributed by atoms with Crippen LogP contribution in [0.2, 0.25) is 0 Å². The molecule has 0 saturated heterocycles. The molecule has 0 spiro atoms. The molecule has 0 aliphatic carbocycles. The number of benzene rings is 2. The Morgan fingerprint density at radius 2 is 1.83 bits per heavy atom. The maximum atomic E-state index is 14.2. The molecule has 3 rings (SSSR count). The van der Waals surface area contributed by atoms with E-state index in [9.17, 15) is 32.3 Å². The Morgan fingerprint density at radius 1 is 1.17 bits per heavy atom. The highest BCUT2D eigenvalue weighted by atomic mass is 19.4. The number of ether oxygens (including phenoxy) is 1. The number of aliphatic hydroxyl groups is 1. The van der Waals surface area contributed by atoms with E-state index >= 15 is 0 Å². The summed E-state index contributed by atoms with van der Waals surface area (Å²) in [7, 11) is 0. The molecule has 0 saturated carbocycles. The second kappa shape index (κ2) is 7.39. The fraction of sp³-hybridized carbons (Fsp3) is 0.333. The number of hydrogen-bond acceptors (Lipinski definition) is 4. The van der Waals surface area contributed by atoms with E-state index in [4.69, 9.17) is 4.74 Å². The van der Waals surface area contributed by atoms with Crippen molar-refractivity contribution in [3.05, 3.63) is 65.0 Å². The van der Waals surface area contributed by atoms with Gasteiger partial charge in [-0.05, 0) is 35.2 Å². The van der Waals surface area contributed by atoms with Gasteiger partial charge in [-0.3, -0.25) is 4.79 Å². The average Bonchev–Trinajstić information content (AvgIpc) is 3.01. The van der Waals surface area contributed by atoms with Crippen LogP contribution in [0.15, 0.2) is 42.5 Å². The number of carbonyl (C=O) groups is 2. The molecule has 2 N–H and O–H groups in total. The quantitative estimate of drug-likeness (QED) is 0.559. The molecule has 1 aliphatic rings. The Bertz CT molecular complexity index is 1000. The zero-order valence-corrected chi connectivity index (χ0v) is 16.1.